The molecular formula is C25H32N6O4S. The Kier molecular flexibility index (Phi) is 8.02. The van der Waals surface area contributed by atoms with Crippen LogP contribution < -0.4 is 10.6 Å². The lowest BCUT2D eigenvalue weighted by atomic mass is 10.1. The summed E-state index contributed by atoms with van der Waals surface area (Å²) in [7, 11) is 0. The summed E-state index contributed by atoms with van der Waals surface area (Å²) in [5.41, 5.74) is 2.42. The molecule has 0 unspecified atom stereocenters. The second-order valence-electron chi connectivity index (χ2n) is 9.23. The molecule has 1 fully saturated rings. The molecule has 2 amide bonds. The molecule has 0 aliphatic carbocycles. The van der Waals surface area contributed by atoms with Crippen molar-refractivity contribution < 1.29 is 19.8 Å². The summed E-state index contributed by atoms with van der Waals surface area (Å²) in [5.74, 6) is -1.49. The molecule has 1 aliphatic rings. The predicted molar refractivity (Wildman–Crippen MR) is 137 cm³/mol. The lowest BCUT2D eigenvalue weighted by molar-refractivity contribution is -0.154. The monoisotopic (exact) mass is 512 g/mol. The number of carbonyl (C=O) groups is 2. The van der Waals surface area contributed by atoms with Crippen molar-refractivity contribution in [1.82, 2.24) is 25.0 Å². The van der Waals surface area contributed by atoms with Crippen LogP contribution in [0.15, 0.2) is 48.1 Å². The van der Waals surface area contributed by atoms with Gasteiger partial charge in [0.15, 0.2) is 17.3 Å². The maximum atomic E-state index is 13.1. The van der Waals surface area contributed by atoms with Gasteiger partial charge in [0, 0.05) is 30.4 Å². The van der Waals surface area contributed by atoms with E-state index < -0.39 is 30.1 Å². The van der Waals surface area contributed by atoms with E-state index in [0.29, 0.717) is 13.0 Å². The molecule has 3 heterocycles. The average molecular weight is 513 g/mol. The molecule has 0 bridgehead atoms. The summed E-state index contributed by atoms with van der Waals surface area (Å²) >= 11 is 1.46. The molecule has 1 saturated heterocycles. The van der Waals surface area contributed by atoms with E-state index in [4.69, 9.17) is 0 Å². The van der Waals surface area contributed by atoms with Crippen LogP contribution in [0.3, 0.4) is 0 Å². The number of carbonyl (C=O) groups excluding carboxylic acids is 2. The van der Waals surface area contributed by atoms with Crippen LogP contribution in [0.1, 0.15) is 57.0 Å². The third kappa shape index (κ3) is 5.75. The second-order valence-corrected chi connectivity index (χ2v) is 10.1. The fourth-order valence-electron chi connectivity index (χ4n) is 4.26. The summed E-state index contributed by atoms with van der Waals surface area (Å²) in [5, 5.41) is 33.9. The number of nitrogens with one attached hydrogen (secondary N) is 2. The highest BCUT2D eigenvalue weighted by atomic mass is 32.1. The Bertz CT molecular complexity index is 1160. The number of aliphatic hydroxyl groups is 2. The van der Waals surface area contributed by atoms with E-state index in [9.17, 15) is 19.8 Å². The van der Waals surface area contributed by atoms with Gasteiger partial charge in [0.05, 0.1) is 23.5 Å². The van der Waals surface area contributed by atoms with Crippen molar-refractivity contribution in [3.63, 3.8) is 0 Å². The second kappa shape index (κ2) is 11.2. The van der Waals surface area contributed by atoms with Crippen molar-refractivity contribution >= 4 is 28.3 Å². The van der Waals surface area contributed by atoms with Gasteiger partial charge in [-0.2, -0.15) is 5.10 Å². The summed E-state index contributed by atoms with van der Waals surface area (Å²) in [6.07, 6.45) is 1.21. The third-order valence-corrected chi connectivity index (χ3v) is 6.94. The molecule has 1 aromatic carbocycles. The summed E-state index contributed by atoms with van der Waals surface area (Å²) in [4.78, 5) is 31.8. The molecule has 36 heavy (non-hydrogen) atoms. The maximum absolute atomic E-state index is 13.1. The summed E-state index contributed by atoms with van der Waals surface area (Å²) < 4.78 is 1.72. The van der Waals surface area contributed by atoms with Gasteiger partial charge in [0.25, 0.3) is 11.8 Å². The van der Waals surface area contributed by atoms with Gasteiger partial charge in [-0.15, -0.1) is 11.3 Å². The number of anilines is 1. The molecule has 11 heteroatoms. The molecule has 10 nitrogen and oxygen atoms in total. The zero-order valence-corrected chi connectivity index (χ0v) is 21.4. The van der Waals surface area contributed by atoms with Crippen molar-refractivity contribution in [2.75, 3.05) is 11.9 Å². The Morgan fingerprint density at radius 3 is 2.56 bits per heavy atom. The van der Waals surface area contributed by atoms with E-state index >= 15 is 0 Å². The van der Waals surface area contributed by atoms with Crippen LogP contribution in [0.5, 0.6) is 0 Å². The summed E-state index contributed by atoms with van der Waals surface area (Å²) in [6.45, 7) is 6.24. The Labute approximate surface area is 214 Å². The van der Waals surface area contributed by atoms with E-state index in [1.807, 2.05) is 55.8 Å². The van der Waals surface area contributed by atoms with Gasteiger partial charge in [0.1, 0.15) is 0 Å². The molecule has 4 N–H and O–H groups in total. The quantitative estimate of drug-likeness (QED) is 0.346. The minimum Gasteiger partial charge on any atom is -0.380 e. The van der Waals surface area contributed by atoms with Crippen LogP contribution in [0, 0.1) is 0 Å². The molecule has 2 aromatic heterocycles. The van der Waals surface area contributed by atoms with Crippen molar-refractivity contribution in [2.45, 2.75) is 63.9 Å². The smallest absolute Gasteiger partial charge is 0.255 e. The lowest BCUT2D eigenvalue weighted by Crippen LogP contribution is -2.51. The molecule has 0 radical (unpaired) electrons. The number of aliphatic hydroxyl groups excluding tert-OH is 2. The third-order valence-electron chi connectivity index (χ3n) is 6.15. The van der Waals surface area contributed by atoms with E-state index in [2.05, 4.69) is 20.7 Å². The first-order chi connectivity index (χ1) is 17.2. The standard InChI is InChI=1S/C25H32N6O4S/c1-15(2)27-25-29-19(14-36-25)20-6-4-12-30(20)24(35)22(33)21(32)23(34)28-16(3)17-7-9-18(10-8-17)31-13-5-11-26-31/h5,7-11,13-16,20-22,32-33H,4,6,12H2,1-3H3,(H,27,29)(H,28,34)/t16-,20-,21-,22-/m1/s1. The lowest BCUT2D eigenvalue weighted by Gasteiger charge is -2.28. The van der Waals surface area contributed by atoms with E-state index in [-0.39, 0.29) is 12.1 Å². The Hall–Kier alpha value is -3.28. The number of thiazole rings is 1. The number of hydrogen-bond donors (Lipinski definition) is 4. The van der Waals surface area contributed by atoms with Crippen molar-refractivity contribution in [1.29, 1.82) is 0 Å². The van der Waals surface area contributed by atoms with Crippen LogP contribution >= 0.6 is 11.3 Å². The normalized spacial score (nSPS) is 18.2. The van der Waals surface area contributed by atoms with Crippen molar-refractivity contribution in [3.05, 3.63) is 59.4 Å². The van der Waals surface area contributed by atoms with Crippen molar-refractivity contribution in [3.8, 4) is 5.69 Å². The first-order valence-electron chi connectivity index (χ1n) is 12.0. The van der Waals surface area contributed by atoms with Crippen LogP contribution in [-0.2, 0) is 9.59 Å². The zero-order chi connectivity index (χ0) is 25.8. The molecule has 3 aromatic rings. The first kappa shape index (κ1) is 25.8. The molecule has 4 rings (SSSR count). The number of aromatic nitrogens is 3. The minimum absolute atomic E-state index is 0.234. The largest absolute Gasteiger partial charge is 0.380 e. The number of rotatable bonds is 9. The minimum atomic E-state index is -1.89. The van der Waals surface area contributed by atoms with Gasteiger partial charge < -0.3 is 25.7 Å². The van der Waals surface area contributed by atoms with Gasteiger partial charge in [-0.25, -0.2) is 9.67 Å². The number of hydrogen-bond acceptors (Lipinski definition) is 8. The summed E-state index contributed by atoms with van der Waals surface area (Å²) in [6, 6.07) is 8.76. The number of benzene rings is 1. The topological polar surface area (TPSA) is 133 Å². The molecule has 4 atom stereocenters. The van der Waals surface area contributed by atoms with E-state index in [1.165, 1.54) is 16.2 Å². The van der Waals surface area contributed by atoms with Gasteiger partial charge in [0.2, 0.25) is 0 Å². The SMILES string of the molecule is CC(C)Nc1nc([C@H]2CCCN2C(=O)[C@H](O)[C@@H](O)C(=O)N[C@H](C)c2ccc(-n3cccn3)cc2)cs1. The average Bonchev–Trinajstić information content (AvgIpc) is 3.64. The van der Waals surface area contributed by atoms with Gasteiger partial charge >= 0.3 is 0 Å². The van der Waals surface area contributed by atoms with Crippen LogP contribution in [0.4, 0.5) is 5.13 Å². The highest BCUT2D eigenvalue weighted by molar-refractivity contribution is 7.13. The number of amides is 2. The highest BCUT2D eigenvalue weighted by Gasteiger charge is 2.39. The van der Waals surface area contributed by atoms with E-state index in [0.717, 1.165) is 28.5 Å². The van der Waals surface area contributed by atoms with E-state index in [1.54, 1.807) is 17.8 Å². The highest BCUT2D eigenvalue weighted by Crippen LogP contribution is 2.34. The number of likely N-dealkylation sites (tertiary alicyclic amines) is 1. The fourth-order valence-corrected chi connectivity index (χ4v) is 5.16. The predicted octanol–water partition coefficient (Wildman–Crippen LogP) is 2.41. The van der Waals surface area contributed by atoms with Crippen LogP contribution in [-0.4, -0.2) is 66.5 Å². The van der Waals surface area contributed by atoms with Crippen LogP contribution in [0.25, 0.3) is 5.69 Å². The van der Waals surface area contributed by atoms with Gasteiger partial charge in [-0.3, -0.25) is 9.59 Å². The Morgan fingerprint density at radius 2 is 1.89 bits per heavy atom. The van der Waals surface area contributed by atoms with Gasteiger partial charge in [-0.1, -0.05) is 12.1 Å². The van der Waals surface area contributed by atoms with Crippen molar-refractivity contribution in [2.24, 2.45) is 0 Å². The maximum Gasteiger partial charge on any atom is 0.255 e. The molecule has 0 spiro atoms. The first-order valence-corrected chi connectivity index (χ1v) is 12.9. The van der Waals surface area contributed by atoms with Gasteiger partial charge in [-0.05, 0) is 57.4 Å². The zero-order valence-electron chi connectivity index (χ0n) is 20.5. The fraction of sp³-hybridized carbons (Fsp3) is 0.440. The Morgan fingerprint density at radius 1 is 1.14 bits per heavy atom. The number of nitrogens with zero attached hydrogens (tertiary/aromatic N) is 4. The molecular weight excluding hydrogens is 480 g/mol. The Balaban J connectivity index is 1.36. The molecule has 192 valence electrons. The van der Waals surface area contributed by atoms with Crippen LogP contribution in [0.2, 0.25) is 0 Å². The molecule has 0 saturated carbocycles. The molecule has 1 aliphatic heterocycles.